The van der Waals surface area contributed by atoms with Crippen LogP contribution in [0.4, 0.5) is 5.69 Å². The molecule has 23 heavy (non-hydrogen) atoms. The van der Waals surface area contributed by atoms with Gasteiger partial charge < -0.3 is 11.1 Å². The number of rotatable bonds is 5. The van der Waals surface area contributed by atoms with E-state index >= 15 is 0 Å². The summed E-state index contributed by atoms with van der Waals surface area (Å²) in [4.78, 5) is 24.1. The van der Waals surface area contributed by atoms with Crippen LogP contribution in [0.15, 0.2) is 24.3 Å². The van der Waals surface area contributed by atoms with Crippen LogP contribution in [0.5, 0.6) is 0 Å². The van der Waals surface area contributed by atoms with Gasteiger partial charge in [-0.15, -0.1) is 10.2 Å². The molecule has 0 fully saturated rings. The van der Waals surface area contributed by atoms with Crippen LogP contribution in [-0.2, 0) is 11.2 Å². The van der Waals surface area contributed by atoms with Gasteiger partial charge in [0.2, 0.25) is 10.9 Å². The van der Waals surface area contributed by atoms with Crippen molar-refractivity contribution < 1.29 is 9.59 Å². The molecule has 0 aliphatic heterocycles. The van der Waals surface area contributed by atoms with Gasteiger partial charge in [-0.3, -0.25) is 9.59 Å². The predicted octanol–water partition coefficient (Wildman–Crippen LogP) is 1.16. The van der Waals surface area contributed by atoms with Crippen molar-refractivity contribution in [3.05, 3.63) is 40.7 Å². The predicted molar refractivity (Wildman–Crippen MR) is 85.3 cm³/mol. The van der Waals surface area contributed by atoms with Crippen molar-refractivity contribution in [1.82, 2.24) is 19.8 Å². The number of nitrogens with zero attached hydrogens (tertiary/aromatic N) is 4. The third-order valence-corrected chi connectivity index (χ3v) is 4.18. The number of para-hydroxylation sites is 1. The summed E-state index contributed by atoms with van der Waals surface area (Å²) in [5.41, 5.74) is 5.99. The van der Waals surface area contributed by atoms with Gasteiger partial charge >= 0.3 is 0 Å². The second-order valence-electron chi connectivity index (χ2n) is 4.90. The monoisotopic (exact) mass is 330 g/mol. The largest absolute Gasteiger partial charge is 0.366 e. The number of aryl methyl sites for hydroxylation is 2. The summed E-state index contributed by atoms with van der Waals surface area (Å²) in [5.74, 6) is -0.0752. The summed E-state index contributed by atoms with van der Waals surface area (Å²) in [5, 5.41) is 15.8. The van der Waals surface area contributed by atoms with E-state index in [-0.39, 0.29) is 17.9 Å². The fraction of sp³-hybridized carbons (Fsp3) is 0.214. The first kappa shape index (κ1) is 15.1. The van der Waals surface area contributed by atoms with Gasteiger partial charge in [-0.25, -0.2) is 0 Å². The minimum absolute atomic E-state index is 0.207. The lowest BCUT2D eigenvalue weighted by atomic mass is 10.1. The molecule has 0 spiro atoms. The highest BCUT2D eigenvalue weighted by molar-refractivity contribution is 7.16. The molecule has 0 aliphatic rings. The number of carbonyl (C=O) groups is 2. The third-order valence-electron chi connectivity index (χ3n) is 3.22. The molecule has 1 aromatic carbocycles. The Balaban J connectivity index is 1.64. The highest BCUT2D eigenvalue weighted by Crippen LogP contribution is 2.17. The maximum absolute atomic E-state index is 12.1. The van der Waals surface area contributed by atoms with Crippen molar-refractivity contribution in [1.29, 1.82) is 0 Å². The Kier molecular flexibility index (Phi) is 4.02. The number of carbonyl (C=O) groups excluding carboxylic acids is 2. The average molecular weight is 330 g/mol. The molecular weight excluding hydrogens is 316 g/mol. The van der Waals surface area contributed by atoms with Crippen molar-refractivity contribution in [2.45, 2.75) is 19.8 Å². The first-order chi connectivity index (χ1) is 11.0. The smallest absolute Gasteiger partial charge is 0.250 e. The first-order valence-corrected chi connectivity index (χ1v) is 7.72. The number of fused-ring (bicyclic) bond motifs is 1. The molecule has 3 N–H and O–H groups in total. The zero-order valence-corrected chi connectivity index (χ0v) is 13.1. The average Bonchev–Trinajstić information content (AvgIpc) is 3.08. The number of nitrogens with two attached hydrogens (primary N) is 1. The van der Waals surface area contributed by atoms with Gasteiger partial charge in [-0.05, 0) is 19.1 Å². The minimum atomic E-state index is -0.579. The minimum Gasteiger partial charge on any atom is -0.366 e. The fourth-order valence-corrected chi connectivity index (χ4v) is 2.97. The van der Waals surface area contributed by atoms with Gasteiger partial charge in [0.25, 0.3) is 5.91 Å². The van der Waals surface area contributed by atoms with E-state index in [0.717, 1.165) is 5.01 Å². The number of amides is 2. The number of nitrogens with one attached hydrogen (secondary N) is 1. The summed E-state index contributed by atoms with van der Waals surface area (Å²) in [6.07, 6.45) is 0.730. The van der Waals surface area contributed by atoms with E-state index in [1.165, 1.54) is 11.3 Å². The molecular formula is C14H14N6O2S. The van der Waals surface area contributed by atoms with E-state index in [0.29, 0.717) is 22.9 Å². The molecule has 0 saturated heterocycles. The van der Waals surface area contributed by atoms with Crippen molar-refractivity contribution in [3.8, 4) is 0 Å². The van der Waals surface area contributed by atoms with E-state index in [1.807, 2.05) is 6.92 Å². The van der Waals surface area contributed by atoms with Crippen molar-refractivity contribution in [2.75, 3.05) is 5.32 Å². The molecule has 0 bridgehead atoms. The Bertz CT molecular complexity index is 884. The van der Waals surface area contributed by atoms with Crippen LogP contribution in [0.1, 0.15) is 27.6 Å². The molecule has 2 heterocycles. The quantitative estimate of drug-likeness (QED) is 0.728. The Hall–Kier alpha value is -2.81. The molecule has 9 heteroatoms. The molecule has 0 aliphatic carbocycles. The fourth-order valence-electron chi connectivity index (χ4n) is 2.10. The van der Waals surface area contributed by atoms with E-state index in [2.05, 4.69) is 20.6 Å². The first-order valence-electron chi connectivity index (χ1n) is 6.91. The highest BCUT2D eigenvalue weighted by Gasteiger charge is 2.13. The van der Waals surface area contributed by atoms with Crippen LogP contribution in [0.2, 0.25) is 0 Å². The van der Waals surface area contributed by atoms with Crippen molar-refractivity contribution in [3.63, 3.8) is 0 Å². The summed E-state index contributed by atoms with van der Waals surface area (Å²) < 4.78 is 1.65. The molecule has 2 amide bonds. The van der Waals surface area contributed by atoms with Gasteiger partial charge in [0.15, 0.2) is 5.82 Å². The standard InChI is InChI=1S/C14H14N6O2S/c1-8-17-18-14-20(8)19-12(23-14)7-6-11(21)16-10-5-3-2-4-9(10)13(15)22/h2-5H,6-7H2,1H3,(H2,15,22)(H,16,21). The maximum atomic E-state index is 12.1. The SMILES string of the molecule is Cc1nnc2sc(CCC(=O)Nc3ccccc3C(N)=O)nn12. The number of aromatic nitrogens is 4. The number of benzene rings is 1. The third kappa shape index (κ3) is 3.19. The Labute approximate surface area is 135 Å². The molecule has 0 atom stereocenters. The summed E-state index contributed by atoms with van der Waals surface area (Å²) in [7, 11) is 0. The van der Waals surface area contributed by atoms with E-state index < -0.39 is 5.91 Å². The lowest BCUT2D eigenvalue weighted by molar-refractivity contribution is -0.116. The number of anilines is 1. The molecule has 0 radical (unpaired) electrons. The van der Waals surface area contributed by atoms with E-state index in [4.69, 9.17) is 5.73 Å². The molecule has 2 aromatic heterocycles. The topological polar surface area (TPSA) is 115 Å². The molecule has 3 aromatic rings. The molecule has 0 saturated carbocycles. The van der Waals surface area contributed by atoms with Crippen LogP contribution in [-0.4, -0.2) is 31.6 Å². The van der Waals surface area contributed by atoms with Crippen molar-refractivity contribution >= 4 is 33.8 Å². The molecule has 3 rings (SSSR count). The van der Waals surface area contributed by atoms with E-state index in [9.17, 15) is 9.59 Å². The molecule has 0 unspecified atom stereocenters. The van der Waals surface area contributed by atoms with Gasteiger partial charge in [-0.1, -0.05) is 23.5 Å². The van der Waals surface area contributed by atoms with Crippen LogP contribution in [0, 0.1) is 6.92 Å². The van der Waals surface area contributed by atoms with Crippen LogP contribution in [0.25, 0.3) is 4.96 Å². The van der Waals surface area contributed by atoms with Crippen molar-refractivity contribution in [2.24, 2.45) is 5.73 Å². The summed E-state index contributed by atoms with van der Waals surface area (Å²) in [6, 6.07) is 6.64. The van der Waals surface area contributed by atoms with Gasteiger partial charge in [0, 0.05) is 12.8 Å². The summed E-state index contributed by atoms with van der Waals surface area (Å²) >= 11 is 1.40. The highest BCUT2D eigenvalue weighted by atomic mass is 32.1. The lowest BCUT2D eigenvalue weighted by Gasteiger charge is -2.08. The zero-order chi connectivity index (χ0) is 16.4. The normalized spacial score (nSPS) is 10.8. The molecule has 8 nitrogen and oxygen atoms in total. The Morgan fingerprint density at radius 3 is 2.83 bits per heavy atom. The lowest BCUT2D eigenvalue weighted by Crippen LogP contribution is -2.18. The van der Waals surface area contributed by atoms with Gasteiger partial charge in [0.05, 0.1) is 11.3 Å². The van der Waals surface area contributed by atoms with Crippen LogP contribution in [0.3, 0.4) is 0 Å². The second-order valence-corrected chi connectivity index (χ2v) is 5.94. The summed E-state index contributed by atoms with van der Waals surface area (Å²) in [6.45, 7) is 1.82. The number of hydrogen-bond donors (Lipinski definition) is 2. The number of hydrogen-bond acceptors (Lipinski definition) is 6. The molecule has 118 valence electrons. The van der Waals surface area contributed by atoms with Crippen LogP contribution >= 0.6 is 11.3 Å². The zero-order valence-electron chi connectivity index (χ0n) is 12.3. The number of primary amides is 1. The van der Waals surface area contributed by atoms with Crippen LogP contribution < -0.4 is 11.1 Å². The van der Waals surface area contributed by atoms with Gasteiger partial charge in [-0.2, -0.15) is 9.61 Å². The maximum Gasteiger partial charge on any atom is 0.250 e. The Morgan fingerprint density at radius 1 is 1.30 bits per heavy atom. The second kappa shape index (κ2) is 6.13. The van der Waals surface area contributed by atoms with Gasteiger partial charge in [0.1, 0.15) is 5.01 Å². The van der Waals surface area contributed by atoms with E-state index in [1.54, 1.807) is 28.8 Å². The Morgan fingerprint density at radius 2 is 2.09 bits per heavy atom.